The summed E-state index contributed by atoms with van der Waals surface area (Å²) in [4.78, 5) is 30.5. The van der Waals surface area contributed by atoms with Crippen molar-refractivity contribution in [3.8, 4) is 5.75 Å². The first-order valence-corrected chi connectivity index (χ1v) is 14.8. The summed E-state index contributed by atoms with van der Waals surface area (Å²) in [5, 5.41) is 3.46. The molecule has 0 radical (unpaired) electrons. The number of piperazine rings is 1. The number of rotatable bonds is 7. The maximum absolute atomic E-state index is 12.6. The number of hydrogen-bond donors (Lipinski definition) is 1. The molecule has 0 aliphatic carbocycles. The molecule has 3 heterocycles. The van der Waals surface area contributed by atoms with Gasteiger partial charge in [-0.2, -0.15) is 4.98 Å². The van der Waals surface area contributed by atoms with Crippen LogP contribution in [-0.2, 0) is 9.47 Å². The van der Waals surface area contributed by atoms with E-state index in [1.807, 2.05) is 57.0 Å². The van der Waals surface area contributed by atoms with Crippen LogP contribution in [0.25, 0.3) is 0 Å². The molecule has 11 nitrogen and oxygen atoms in total. The molecule has 2 saturated heterocycles. The number of carbonyl (C=O) groups is 1. The molecule has 5 rings (SSSR count). The minimum absolute atomic E-state index is 0.261. The number of ether oxygens (including phenoxy) is 3. The molecule has 1 aromatic heterocycles. The number of morpholine rings is 1. The lowest BCUT2D eigenvalue weighted by molar-refractivity contribution is 0.0240. The van der Waals surface area contributed by atoms with E-state index in [0.29, 0.717) is 45.3 Å². The first-order valence-electron chi connectivity index (χ1n) is 14.8. The van der Waals surface area contributed by atoms with Gasteiger partial charge in [0.1, 0.15) is 17.2 Å². The van der Waals surface area contributed by atoms with E-state index in [-0.39, 0.29) is 6.09 Å². The number of nitrogens with one attached hydrogen (secondary N) is 1. The number of carbonyl (C=O) groups excluding carboxylic acids is 1. The van der Waals surface area contributed by atoms with Crippen LogP contribution >= 0.6 is 0 Å². The van der Waals surface area contributed by atoms with Crippen molar-refractivity contribution in [3.63, 3.8) is 0 Å². The van der Waals surface area contributed by atoms with Gasteiger partial charge in [-0.25, -0.2) is 9.78 Å². The molecular weight excluding hydrogens is 546 g/mol. The first kappa shape index (κ1) is 30.2. The van der Waals surface area contributed by atoms with Crippen molar-refractivity contribution in [3.05, 3.63) is 54.2 Å². The lowest BCUT2D eigenvalue weighted by Gasteiger charge is -2.37. The molecule has 1 N–H and O–H groups in total. The standard InChI is InChI=1S/C32H43N7O4/c1-23-7-8-27(41-6)22-28(23)36(5)29-9-10-33-30(35-29)34-24-19-25(21-26(20-24)38-15-17-42-18-16-38)37-11-13-39(14-12-37)31(40)43-32(2,3)4/h7-10,19-22H,11-18H2,1-6H3,(H,33,34,35). The first-order chi connectivity index (χ1) is 20.6. The third-order valence-corrected chi connectivity index (χ3v) is 7.59. The highest BCUT2D eigenvalue weighted by Gasteiger charge is 2.26. The number of anilines is 6. The number of amides is 1. The van der Waals surface area contributed by atoms with Crippen LogP contribution in [0.2, 0.25) is 0 Å². The third kappa shape index (κ3) is 7.59. The highest BCUT2D eigenvalue weighted by Crippen LogP contribution is 2.32. The summed E-state index contributed by atoms with van der Waals surface area (Å²) in [7, 11) is 3.66. The second-order valence-electron chi connectivity index (χ2n) is 11.9. The van der Waals surface area contributed by atoms with E-state index >= 15 is 0 Å². The Kier molecular flexibility index (Phi) is 9.10. The molecule has 230 valence electrons. The lowest BCUT2D eigenvalue weighted by atomic mass is 10.1. The second kappa shape index (κ2) is 12.9. The Balaban J connectivity index is 1.37. The average Bonchev–Trinajstić information content (AvgIpc) is 3.00. The van der Waals surface area contributed by atoms with Crippen LogP contribution in [0, 0.1) is 6.92 Å². The Bertz CT molecular complexity index is 1410. The summed E-state index contributed by atoms with van der Waals surface area (Å²) >= 11 is 0. The third-order valence-electron chi connectivity index (χ3n) is 7.59. The van der Waals surface area contributed by atoms with Gasteiger partial charge in [0.2, 0.25) is 5.95 Å². The van der Waals surface area contributed by atoms with Gasteiger partial charge in [-0.05, 0) is 63.6 Å². The van der Waals surface area contributed by atoms with Crippen LogP contribution in [0.15, 0.2) is 48.7 Å². The van der Waals surface area contributed by atoms with Gasteiger partial charge in [0, 0.05) is 81.3 Å². The zero-order valence-corrected chi connectivity index (χ0v) is 26.1. The summed E-state index contributed by atoms with van der Waals surface area (Å²) in [6.45, 7) is 13.4. The average molecular weight is 590 g/mol. The summed E-state index contributed by atoms with van der Waals surface area (Å²) in [5.74, 6) is 2.06. The molecule has 0 spiro atoms. The number of benzene rings is 2. The molecule has 11 heteroatoms. The largest absolute Gasteiger partial charge is 0.497 e. The van der Waals surface area contributed by atoms with Crippen molar-refractivity contribution in [2.45, 2.75) is 33.3 Å². The van der Waals surface area contributed by atoms with Crippen LogP contribution in [0.5, 0.6) is 5.75 Å². The fourth-order valence-electron chi connectivity index (χ4n) is 5.25. The molecule has 0 bridgehead atoms. The molecule has 2 aromatic carbocycles. The van der Waals surface area contributed by atoms with Crippen molar-refractivity contribution >= 4 is 40.6 Å². The van der Waals surface area contributed by atoms with Gasteiger partial charge >= 0.3 is 6.09 Å². The maximum atomic E-state index is 12.6. The van der Waals surface area contributed by atoms with Crippen LogP contribution < -0.4 is 24.8 Å². The van der Waals surface area contributed by atoms with E-state index in [1.54, 1.807) is 18.2 Å². The fraction of sp³-hybridized carbons (Fsp3) is 0.469. The van der Waals surface area contributed by atoms with Gasteiger partial charge in [0.05, 0.1) is 20.3 Å². The van der Waals surface area contributed by atoms with Crippen molar-refractivity contribution in [2.24, 2.45) is 0 Å². The predicted molar refractivity (Wildman–Crippen MR) is 171 cm³/mol. The summed E-state index contributed by atoms with van der Waals surface area (Å²) in [6.07, 6.45) is 1.50. The Morgan fingerprint density at radius 3 is 2.28 bits per heavy atom. The summed E-state index contributed by atoms with van der Waals surface area (Å²) < 4.78 is 16.6. The van der Waals surface area contributed by atoms with E-state index in [4.69, 9.17) is 19.2 Å². The Labute approximate surface area is 254 Å². The molecule has 1 amide bonds. The van der Waals surface area contributed by atoms with E-state index in [2.05, 4.69) is 45.2 Å². The van der Waals surface area contributed by atoms with Crippen LogP contribution in [0.3, 0.4) is 0 Å². The van der Waals surface area contributed by atoms with Gasteiger partial charge in [-0.15, -0.1) is 0 Å². The molecule has 0 saturated carbocycles. The minimum atomic E-state index is -0.512. The van der Waals surface area contributed by atoms with Crippen LogP contribution in [0.4, 0.5) is 39.3 Å². The predicted octanol–water partition coefficient (Wildman–Crippen LogP) is 5.20. The maximum Gasteiger partial charge on any atom is 0.410 e. The summed E-state index contributed by atoms with van der Waals surface area (Å²) in [6, 6.07) is 14.4. The van der Waals surface area contributed by atoms with Gasteiger partial charge in [-0.3, -0.25) is 0 Å². The van der Waals surface area contributed by atoms with Gasteiger partial charge in [0.25, 0.3) is 0 Å². The summed E-state index contributed by atoms with van der Waals surface area (Å²) in [5.41, 5.74) is 4.69. The zero-order chi connectivity index (χ0) is 30.6. The lowest BCUT2D eigenvalue weighted by Crippen LogP contribution is -2.50. The molecule has 2 fully saturated rings. The van der Waals surface area contributed by atoms with Gasteiger partial charge in [-0.1, -0.05) is 6.07 Å². The monoisotopic (exact) mass is 589 g/mol. The normalized spacial score (nSPS) is 15.7. The zero-order valence-electron chi connectivity index (χ0n) is 26.1. The minimum Gasteiger partial charge on any atom is -0.497 e. The quantitative estimate of drug-likeness (QED) is 0.396. The van der Waals surface area contributed by atoms with Gasteiger partial charge < -0.3 is 39.1 Å². The molecular formula is C32H43N7O4. The van der Waals surface area contributed by atoms with Crippen LogP contribution in [0.1, 0.15) is 26.3 Å². The smallest absolute Gasteiger partial charge is 0.410 e. The van der Waals surface area contributed by atoms with Crippen molar-refractivity contribution < 1.29 is 19.0 Å². The molecule has 2 aliphatic heterocycles. The molecule has 3 aromatic rings. The van der Waals surface area contributed by atoms with Crippen molar-refractivity contribution in [2.75, 3.05) is 86.7 Å². The van der Waals surface area contributed by atoms with Gasteiger partial charge in [0.15, 0.2) is 0 Å². The Hall–Kier alpha value is -4.25. The van der Waals surface area contributed by atoms with E-state index in [9.17, 15) is 4.79 Å². The van der Waals surface area contributed by atoms with Crippen LogP contribution in [-0.4, -0.2) is 93.2 Å². The molecule has 2 aliphatic rings. The molecule has 0 unspecified atom stereocenters. The Morgan fingerprint density at radius 1 is 0.953 bits per heavy atom. The molecule has 0 atom stereocenters. The van der Waals surface area contributed by atoms with E-state index < -0.39 is 5.60 Å². The highest BCUT2D eigenvalue weighted by molar-refractivity contribution is 5.73. The Morgan fingerprint density at radius 2 is 1.63 bits per heavy atom. The number of nitrogens with zero attached hydrogens (tertiary/aromatic N) is 6. The second-order valence-corrected chi connectivity index (χ2v) is 11.9. The fourth-order valence-corrected chi connectivity index (χ4v) is 5.25. The van der Waals surface area contributed by atoms with Crippen molar-refractivity contribution in [1.29, 1.82) is 0 Å². The number of aromatic nitrogens is 2. The topological polar surface area (TPSA) is 95.5 Å². The molecule has 43 heavy (non-hydrogen) atoms. The number of hydrogen-bond acceptors (Lipinski definition) is 10. The number of aryl methyl sites for hydroxylation is 1. The highest BCUT2D eigenvalue weighted by atomic mass is 16.6. The van der Waals surface area contributed by atoms with E-state index in [0.717, 1.165) is 53.0 Å². The van der Waals surface area contributed by atoms with E-state index in [1.165, 1.54) is 0 Å². The SMILES string of the molecule is COc1ccc(C)c(N(C)c2ccnc(Nc3cc(N4CCOCC4)cc(N4CCN(C(=O)OC(C)(C)C)CC4)c3)n2)c1. The van der Waals surface area contributed by atoms with Crippen molar-refractivity contribution in [1.82, 2.24) is 14.9 Å². The number of methoxy groups -OCH3 is 1.